The molecular formula is C13H16N2O5. The van der Waals surface area contributed by atoms with Crippen LogP contribution in [0.25, 0.3) is 0 Å². The van der Waals surface area contributed by atoms with Crippen LogP contribution in [0, 0.1) is 0 Å². The zero-order chi connectivity index (χ0) is 14.7. The van der Waals surface area contributed by atoms with Gasteiger partial charge in [0.1, 0.15) is 6.04 Å². The number of benzene rings is 1. The molecule has 1 unspecified atom stereocenters. The van der Waals surface area contributed by atoms with Gasteiger partial charge in [0, 0.05) is 18.2 Å². The molecule has 108 valence electrons. The number of nitrogens with one attached hydrogen (secondary N) is 1. The predicted octanol–water partition coefficient (Wildman–Crippen LogP) is 0.331. The average molecular weight is 280 g/mol. The number of rotatable bonds is 4. The van der Waals surface area contributed by atoms with Crippen LogP contribution in [0.15, 0.2) is 12.1 Å². The van der Waals surface area contributed by atoms with Crippen molar-refractivity contribution in [2.45, 2.75) is 12.5 Å². The maximum Gasteiger partial charge on any atom is 0.328 e. The number of hydrogen-bond donors (Lipinski definition) is 2. The molecule has 0 bridgehead atoms. The highest BCUT2D eigenvalue weighted by molar-refractivity contribution is 6.01. The second-order valence-corrected chi connectivity index (χ2v) is 4.28. The number of carbonyl (C=O) groups is 2. The number of hydrogen-bond acceptors (Lipinski definition) is 6. The maximum absolute atomic E-state index is 12.1. The SMILES string of the molecule is COc1cc(N)c(C(=O)NC2CCOC2=O)cc1OC. The van der Waals surface area contributed by atoms with E-state index in [0.29, 0.717) is 24.5 Å². The lowest BCUT2D eigenvalue weighted by atomic mass is 10.1. The second kappa shape index (κ2) is 5.68. The molecule has 1 aromatic rings. The van der Waals surface area contributed by atoms with E-state index in [1.165, 1.54) is 26.4 Å². The smallest absolute Gasteiger partial charge is 0.328 e. The highest BCUT2D eigenvalue weighted by atomic mass is 16.5. The Kier molecular flexibility index (Phi) is 3.97. The summed E-state index contributed by atoms with van der Waals surface area (Å²) < 4.78 is 15.0. The summed E-state index contributed by atoms with van der Waals surface area (Å²) in [6, 6.07) is 2.35. The van der Waals surface area contributed by atoms with Gasteiger partial charge >= 0.3 is 5.97 Å². The summed E-state index contributed by atoms with van der Waals surface area (Å²) >= 11 is 0. The number of amides is 1. The van der Waals surface area contributed by atoms with Crippen molar-refractivity contribution in [1.29, 1.82) is 0 Å². The van der Waals surface area contributed by atoms with E-state index >= 15 is 0 Å². The molecule has 1 atom stereocenters. The van der Waals surface area contributed by atoms with Gasteiger partial charge in [-0.15, -0.1) is 0 Å². The first kappa shape index (κ1) is 14.0. The first-order chi connectivity index (χ1) is 9.56. The zero-order valence-corrected chi connectivity index (χ0v) is 11.3. The molecule has 1 amide bonds. The highest BCUT2D eigenvalue weighted by Gasteiger charge is 2.29. The van der Waals surface area contributed by atoms with Crippen molar-refractivity contribution in [3.05, 3.63) is 17.7 Å². The average Bonchev–Trinajstić information content (AvgIpc) is 2.83. The Hall–Kier alpha value is -2.44. The minimum absolute atomic E-state index is 0.224. The number of nitrogens with two attached hydrogens (primary N) is 1. The third-order valence-electron chi connectivity index (χ3n) is 3.04. The van der Waals surface area contributed by atoms with Gasteiger partial charge in [0.05, 0.1) is 26.4 Å². The van der Waals surface area contributed by atoms with E-state index in [-0.39, 0.29) is 11.3 Å². The summed E-state index contributed by atoms with van der Waals surface area (Å²) in [5.74, 6) is -0.0626. The molecule has 0 radical (unpaired) electrons. The Labute approximate surface area is 116 Å². The molecule has 3 N–H and O–H groups in total. The van der Waals surface area contributed by atoms with Crippen LogP contribution < -0.4 is 20.5 Å². The number of methoxy groups -OCH3 is 2. The Morgan fingerprint density at radius 3 is 2.55 bits per heavy atom. The quantitative estimate of drug-likeness (QED) is 0.609. The highest BCUT2D eigenvalue weighted by Crippen LogP contribution is 2.31. The lowest BCUT2D eigenvalue weighted by Crippen LogP contribution is -2.38. The summed E-state index contributed by atoms with van der Waals surface area (Å²) in [5, 5.41) is 2.58. The number of esters is 1. The summed E-state index contributed by atoms with van der Waals surface area (Å²) in [6.45, 7) is 0.311. The molecule has 1 fully saturated rings. The summed E-state index contributed by atoms with van der Waals surface area (Å²) in [4.78, 5) is 23.5. The summed E-state index contributed by atoms with van der Waals surface area (Å²) in [6.07, 6.45) is 0.456. The van der Waals surface area contributed by atoms with Crippen molar-refractivity contribution >= 4 is 17.6 Å². The third kappa shape index (κ3) is 2.61. The molecule has 0 saturated carbocycles. The number of cyclic esters (lactones) is 1. The molecule has 0 aromatic heterocycles. The van der Waals surface area contributed by atoms with Gasteiger partial charge in [-0.2, -0.15) is 0 Å². The standard InChI is InChI=1S/C13H16N2O5/c1-18-10-5-7(8(14)6-11(10)19-2)12(16)15-9-3-4-20-13(9)17/h5-6,9H,3-4,14H2,1-2H3,(H,15,16). The molecule has 1 heterocycles. The first-order valence-corrected chi connectivity index (χ1v) is 6.05. The normalized spacial score (nSPS) is 17.5. The van der Waals surface area contributed by atoms with Crippen molar-refractivity contribution in [3.63, 3.8) is 0 Å². The van der Waals surface area contributed by atoms with Crippen LogP contribution in [-0.2, 0) is 9.53 Å². The van der Waals surface area contributed by atoms with Crippen molar-refractivity contribution in [1.82, 2.24) is 5.32 Å². The van der Waals surface area contributed by atoms with Crippen molar-refractivity contribution in [3.8, 4) is 11.5 Å². The summed E-state index contributed by atoms with van der Waals surface area (Å²) in [5.41, 5.74) is 6.28. The fraction of sp³-hybridized carbons (Fsp3) is 0.385. The number of nitrogen functional groups attached to an aromatic ring is 1. The predicted molar refractivity (Wildman–Crippen MR) is 70.8 cm³/mol. The van der Waals surface area contributed by atoms with Crippen LogP contribution in [0.2, 0.25) is 0 Å². The lowest BCUT2D eigenvalue weighted by molar-refractivity contribution is -0.139. The molecular weight excluding hydrogens is 264 g/mol. The molecule has 7 heteroatoms. The van der Waals surface area contributed by atoms with Crippen molar-refractivity contribution < 1.29 is 23.8 Å². The van der Waals surface area contributed by atoms with Gasteiger partial charge in [0.2, 0.25) is 0 Å². The van der Waals surface area contributed by atoms with Crippen LogP contribution >= 0.6 is 0 Å². The van der Waals surface area contributed by atoms with Gasteiger partial charge in [0.25, 0.3) is 5.91 Å². The molecule has 7 nitrogen and oxygen atoms in total. The van der Waals surface area contributed by atoms with Crippen LogP contribution in [0.5, 0.6) is 11.5 Å². The van der Waals surface area contributed by atoms with Crippen molar-refractivity contribution in [2.24, 2.45) is 0 Å². The van der Waals surface area contributed by atoms with E-state index in [4.69, 9.17) is 19.9 Å². The van der Waals surface area contributed by atoms with E-state index in [9.17, 15) is 9.59 Å². The number of anilines is 1. The van der Waals surface area contributed by atoms with Crippen LogP contribution in [0.1, 0.15) is 16.8 Å². The Morgan fingerprint density at radius 1 is 1.35 bits per heavy atom. The molecule has 1 aliphatic rings. The largest absolute Gasteiger partial charge is 0.493 e. The van der Waals surface area contributed by atoms with E-state index in [1.54, 1.807) is 0 Å². The molecule has 1 saturated heterocycles. The molecule has 1 aromatic carbocycles. The topological polar surface area (TPSA) is 99.9 Å². The third-order valence-corrected chi connectivity index (χ3v) is 3.04. The molecule has 1 aliphatic heterocycles. The Balaban J connectivity index is 2.23. The molecule has 0 aliphatic carbocycles. The number of ether oxygens (including phenoxy) is 3. The fourth-order valence-electron chi connectivity index (χ4n) is 1.95. The Bertz CT molecular complexity index is 544. The van der Waals surface area contributed by atoms with Gasteiger partial charge in [-0.25, -0.2) is 4.79 Å². The lowest BCUT2D eigenvalue weighted by Gasteiger charge is -2.14. The van der Waals surface area contributed by atoms with E-state index in [2.05, 4.69) is 5.32 Å². The van der Waals surface area contributed by atoms with Crippen LogP contribution in [0.4, 0.5) is 5.69 Å². The monoisotopic (exact) mass is 280 g/mol. The fourth-order valence-corrected chi connectivity index (χ4v) is 1.95. The first-order valence-electron chi connectivity index (χ1n) is 6.05. The van der Waals surface area contributed by atoms with Gasteiger partial charge in [-0.3, -0.25) is 4.79 Å². The van der Waals surface area contributed by atoms with Crippen LogP contribution in [0.3, 0.4) is 0 Å². The molecule has 2 rings (SSSR count). The van der Waals surface area contributed by atoms with E-state index in [1.807, 2.05) is 0 Å². The molecule has 0 spiro atoms. The zero-order valence-electron chi connectivity index (χ0n) is 11.3. The number of carbonyl (C=O) groups excluding carboxylic acids is 2. The second-order valence-electron chi connectivity index (χ2n) is 4.28. The minimum atomic E-state index is -0.630. The maximum atomic E-state index is 12.1. The molecule has 20 heavy (non-hydrogen) atoms. The van der Waals surface area contributed by atoms with Gasteiger partial charge in [-0.05, 0) is 6.07 Å². The summed E-state index contributed by atoms with van der Waals surface area (Å²) in [7, 11) is 2.94. The van der Waals surface area contributed by atoms with E-state index in [0.717, 1.165) is 0 Å². The van der Waals surface area contributed by atoms with Gasteiger partial charge < -0.3 is 25.3 Å². The minimum Gasteiger partial charge on any atom is -0.493 e. The van der Waals surface area contributed by atoms with Crippen molar-refractivity contribution in [2.75, 3.05) is 26.6 Å². The van der Waals surface area contributed by atoms with Gasteiger partial charge in [-0.1, -0.05) is 0 Å². The Morgan fingerprint density at radius 2 is 2.00 bits per heavy atom. The van der Waals surface area contributed by atoms with E-state index < -0.39 is 17.9 Å². The van der Waals surface area contributed by atoms with Gasteiger partial charge in [0.15, 0.2) is 11.5 Å². The van der Waals surface area contributed by atoms with Crippen LogP contribution in [-0.4, -0.2) is 38.7 Å².